The van der Waals surface area contributed by atoms with E-state index in [2.05, 4.69) is 41.4 Å². The summed E-state index contributed by atoms with van der Waals surface area (Å²) in [6, 6.07) is 8.66. The second kappa shape index (κ2) is 5.35. The van der Waals surface area contributed by atoms with Crippen molar-refractivity contribution in [1.82, 2.24) is 5.32 Å². The van der Waals surface area contributed by atoms with E-state index < -0.39 is 0 Å². The van der Waals surface area contributed by atoms with E-state index in [1.807, 2.05) is 6.92 Å². The van der Waals surface area contributed by atoms with E-state index in [1.54, 1.807) is 0 Å². The molecule has 0 aromatic heterocycles. The molecule has 2 rings (SSSR count). The first kappa shape index (κ1) is 12.2. The number of nitrogens with one attached hydrogen (secondary N) is 1. The molecule has 1 aliphatic carbocycles. The van der Waals surface area contributed by atoms with Crippen molar-refractivity contribution >= 4 is 0 Å². The summed E-state index contributed by atoms with van der Waals surface area (Å²) in [5.41, 5.74) is 8.91. The summed E-state index contributed by atoms with van der Waals surface area (Å²) in [5, 5.41) is 3.53. The summed E-state index contributed by atoms with van der Waals surface area (Å²) in [6.45, 7) is 3.27. The molecule has 0 spiro atoms. The molecule has 1 unspecified atom stereocenters. The van der Waals surface area contributed by atoms with Crippen LogP contribution in [0, 0.1) is 11.8 Å². The van der Waals surface area contributed by atoms with E-state index >= 15 is 0 Å². The van der Waals surface area contributed by atoms with Crippen molar-refractivity contribution in [3.63, 3.8) is 0 Å². The van der Waals surface area contributed by atoms with Crippen LogP contribution in [0.25, 0.3) is 0 Å². The van der Waals surface area contributed by atoms with Crippen molar-refractivity contribution in [2.45, 2.75) is 31.7 Å². The summed E-state index contributed by atoms with van der Waals surface area (Å²) in [6.07, 6.45) is 3.23. The van der Waals surface area contributed by atoms with E-state index in [9.17, 15) is 0 Å². The van der Waals surface area contributed by atoms with Crippen LogP contribution in [0.1, 0.15) is 24.5 Å². The molecule has 17 heavy (non-hydrogen) atoms. The average Bonchev–Trinajstić information content (AvgIpc) is 2.39. The molecule has 0 radical (unpaired) electrons. The predicted molar refractivity (Wildman–Crippen MR) is 71.7 cm³/mol. The van der Waals surface area contributed by atoms with Crippen molar-refractivity contribution in [1.29, 1.82) is 0 Å². The quantitative estimate of drug-likeness (QED) is 0.769. The maximum Gasteiger partial charge on any atom is 0.0581 e. The van der Waals surface area contributed by atoms with E-state index in [0.29, 0.717) is 6.54 Å². The Hall–Kier alpha value is -1.30. The number of hydrogen-bond acceptors (Lipinski definition) is 2. The lowest BCUT2D eigenvalue weighted by Gasteiger charge is -2.38. The molecule has 0 fully saturated rings. The van der Waals surface area contributed by atoms with Crippen LogP contribution in [0.15, 0.2) is 24.3 Å². The van der Waals surface area contributed by atoms with Gasteiger partial charge in [-0.1, -0.05) is 30.2 Å². The molecule has 0 saturated heterocycles. The zero-order valence-electron chi connectivity index (χ0n) is 10.4. The second-order valence-corrected chi connectivity index (χ2v) is 4.71. The second-order valence-electron chi connectivity index (χ2n) is 4.71. The Morgan fingerprint density at radius 2 is 2.12 bits per heavy atom. The Labute approximate surface area is 104 Å². The third kappa shape index (κ3) is 2.69. The van der Waals surface area contributed by atoms with Crippen LogP contribution in [0.2, 0.25) is 0 Å². The summed E-state index contributed by atoms with van der Waals surface area (Å²) < 4.78 is 0. The standard InChI is InChI=1S/C15H20N2/c1-2-3-10-17-15(12-16)9-8-13-6-4-5-7-14(13)11-15/h4-7,17H,8-12,16H2,1H3. The third-order valence-electron chi connectivity index (χ3n) is 3.64. The van der Waals surface area contributed by atoms with Crippen LogP contribution in [0.3, 0.4) is 0 Å². The minimum Gasteiger partial charge on any atom is -0.329 e. The van der Waals surface area contributed by atoms with E-state index in [0.717, 1.165) is 25.8 Å². The largest absolute Gasteiger partial charge is 0.329 e. The molecule has 2 heteroatoms. The number of rotatable bonds is 3. The average molecular weight is 228 g/mol. The van der Waals surface area contributed by atoms with Gasteiger partial charge in [0.25, 0.3) is 0 Å². The highest BCUT2D eigenvalue weighted by atomic mass is 15.0. The van der Waals surface area contributed by atoms with E-state index in [-0.39, 0.29) is 5.54 Å². The summed E-state index contributed by atoms with van der Waals surface area (Å²) >= 11 is 0. The lowest BCUT2D eigenvalue weighted by Crippen LogP contribution is -2.55. The molecular weight excluding hydrogens is 208 g/mol. The predicted octanol–water partition coefficient (Wildman–Crippen LogP) is 1.49. The number of fused-ring (bicyclic) bond motifs is 1. The van der Waals surface area contributed by atoms with Gasteiger partial charge in [0.05, 0.1) is 6.54 Å². The Balaban J connectivity index is 2.13. The van der Waals surface area contributed by atoms with Gasteiger partial charge in [0.2, 0.25) is 0 Å². The summed E-state index contributed by atoms with van der Waals surface area (Å²) in [4.78, 5) is 0. The highest BCUT2D eigenvalue weighted by molar-refractivity contribution is 5.32. The third-order valence-corrected chi connectivity index (χ3v) is 3.64. The van der Waals surface area contributed by atoms with Crippen molar-refractivity contribution in [2.75, 3.05) is 13.1 Å². The molecule has 0 aliphatic heterocycles. The Morgan fingerprint density at radius 3 is 2.82 bits per heavy atom. The number of benzene rings is 1. The van der Waals surface area contributed by atoms with Crippen molar-refractivity contribution < 1.29 is 0 Å². The minimum atomic E-state index is 0.0399. The maximum absolute atomic E-state index is 5.97. The van der Waals surface area contributed by atoms with Gasteiger partial charge >= 0.3 is 0 Å². The monoisotopic (exact) mass is 228 g/mol. The Morgan fingerprint density at radius 1 is 1.35 bits per heavy atom. The first-order chi connectivity index (χ1) is 8.29. The number of hydrogen-bond donors (Lipinski definition) is 2. The summed E-state index contributed by atoms with van der Waals surface area (Å²) in [5.74, 6) is 5.98. The van der Waals surface area contributed by atoms with Crippen LogP contribution < -0.4 is 11.1 Å². The van der Waals surface area contributed by atoms with Crippen LogP contribution >= 0.6 is 0 Å². The van der Waals surface area contributed by atoms with Crippen molar-refractivity contribution in [3.05, 3.63) is 35.4 Å². The summed E-state index contributed by atoms with van der Waals surface area (Å²) in [7, 11) is 0. The lowest BCUT2D eigenvalue weighted by atomic mass is 9.78. The molecule has 90 valence electrons. The van der Waals surface area contributed by atoms with Gasteiger partial charge in [0.1, 0.15) is 0 Å². The smallest absolute Gasteiger partial charge is 0.0581 e. The first-order valence-electron chi connectivity index (χ1n) is 6.21. The topological polar surface area (TPSA) is 38.0 Å². The Kier molecular flexibility index (Phi) is 3.83. The van der Waals surface area contributed by atoms with Gasteiger partial charge in [-0.15, -0.1) is 5.92 Å². The van der Waals surface area contributed by atoms with E-state index in [4.69, 9.17) is 5.73 Å². The number of nitrogens with two attached hydrogens (primary N) is 1. The van der Waals surface area contributed by atoms with Gasteiger partial charge in [-0.2, -0.15) is 0 Å². The molecule has 0 amide bonds. The van der Waals surface area contributed by atoms with Gasteiger partial charge in [-0.3, -0.25) is 5.32 Å². The highest BCUT2D eigenvalue weighted by Crippen LogP contribution is 2.27. The number of aryl methyl sites for hydroxylation is 1. The molecule has 0 bridgehead atoms. The van der Waals surface area contributed by atoms with Crippen LogP contribution in [-0.2, 0) is 12.8 Å². The molecule has 1 aromatic rings. The van der Waals surface area contributed by atoms with Gasteiger partial charge in [-0.25, -0.2) is 0 Å². The zero-order valence-corrected chi connectivity index (χ0v) is 10.4. The van der Waals surface area contributed by atoms with Crippen LogP contribution in [-0.4, -0.2) is 18.6 Å². The van der Waals surface area contributed by atoms with E-state index in [1.165, 1.54) is 11.1 Å². The fraction of sp³-hybridized carbons (Fsp3) is 0.467. The molecule has 1 aromatic carbocycles. The fourth-order valence-corrected chi connectivity index (χ4v) is 2.52. The SMILES string of the molecule is CC#CCNC1(CN)CCc2ccccc2C1. The van der Waals surface area contributed by atoms with Crippen LogP contribution in [0.4, 0.5) is 0 Å². The van der Waals surface area contributed by atoms with Crippen molar-refractivity contribution in [3.8, 4) is 11.8 Å². The molecule has 0 heterocycles. The van der Waals surface area contributed by atoms with Gasteiger partial charge in [0, 0.05) is 12.1 Å². The molecule has 1 aliphatic rings. The first-order valence-corrected chi connectivity index (χ1v) is 6.21. The fourth-order valence-electron chi connectivity index (χ4n) is 2.52. The van der Waals surface area contributed by atoms with Gasteiger partial charge in [-0.05, 0) is 37.3 Å². The molecule has 2 nitrogen and oxygen atoms in total. The Bertz CT molecular complexity index is 442. The highest BCUT2D eigenvalue weighted by Gasteiger charge is 2.32. The molecular formula is C15H20N2. The minimum absolute atomic E-state index is 0.0399. The normalized spacial score (nSPS) is 22.5. The lowest BCUT2D eigenvalue weighted by molar-refractivity contribution is 0.307. The van der Waals surface area contributed by atoms with Crippen LogP contribution in [0.5, 0.6) is 0 Å². The van der Waals surface area contributed by atoms with Gasteiger partial charge < -0.3 is 5.73 Å². The molecule has 1 atom stereocenters. The maximum atomic E-state index is 5.97. The molecule has 3 N–H and O–H groups in total. The van der Waals surface area contributed by atoms with Crippen molar-refractivity contribution in [2.24, 2.45) is 5.73 Å². The van der Waals surface area contributed by atoms with Gasteiger partial charge in [0.15, 0.2) is 0 Å². The zero-order chi connectivity index (χ0) is 12.1. The molecule has 0 saturated carbocycles.